The van der Waals surface area contributed by atoms with Crippen LogP contribution in [0.5, 0.6) is 0 Å². The summed E-state index contributed by atoms with van der Waals surface area (Å²) in [6.07, 6.45) is -1.86. The highest BCUT2D eigenvalue weighted by Crippen LogP contribution is 2.21. The van der Waals surface area contributed by atoms with E-state index in [-0.39, 0.29) is 6.61 Å². The maximum Gasteiger partial charge on any atom is 0.516 e. The van der Waals surface area contributed by atoms with Crippen LogP contribution in [0, 0.1) is 5.41 Å². The number of esters is 1. The highest BCUT2D eigenvalue weighted by atomic mass is 16.7. The summed E-state index contributed by atoms with van der Waals surface area (Å²) in [5, 5.41) is 2.42. The molecule has 1 N–H and O–H groups in total. The molecule has 0 saturated carbocycles. The molecular formula is C14H25NO6. The van der Waals surface area contributed by atoms with E-state index in [2.05, 4.69) is 14.8 Å². The Morgan fingerprint density at radius 3 is 1.95 bits per heavy atom. The minimum absolute atomic E-state index is 0.0891. The third-order valence-corrected chi connectivity index (χ3v) is 2.21. The maximum absolute atomic E-state index is 12.0. The van der Waals surface area contributed by atoms with Crippen LogP contribution in [0.25, 0.3) is 0 Å². The molecule has 0 unspecified atom stereocenters. The van der Waals surface area contributed by atoms with E-state index in [1.165, 1.54) is 0 Å². The van der Waals surface area contributed by atoms with Crippen LogP contribution in [0.1, 0.15) is 48.5 Å². The molecule has 7 heteroatoms. The zero-order chi connectivity index (χ0) is 16.8. The lowest BCUT2D eigenvalue weighted by Gasteiger charge is -2.30. The molecule has 0 aliphatic rings. The number of hydrogen-bond donors (Lipinski definition) is 1. The van der Waals surface area contributed by atoms with E-state index in [9.17, 15) is 14.4 Å². The molecule has 7 nitrogen and oxygen atoms in total. The number of amides is 1. The van der Waals surface area contributed by atoms with Gasteiger partial charge in [0.2, 0.25) is 0 Å². The van der Waals surface area contributed by atoms with E-state index in [4.69, 9.17) is 4.74 Å². The Balaban J connectivity index is 4.86. The summed E-state index contributed by atoms with van der Waals surface area (Å²) < 4.78 is 14.2. The van der Waals surface area contributed by atoms with Crippen molar-refractivity contribution >= 4 is 18.2 Å². The van der Waals surface area contributed by atoms with Crippen molar-refractivity contribution in [3.05, 3.63) is 0 Å². The quantitative estimate of drug-likeness (QED) is 0.636. The van der Waals surface area contributed by atoms with Crippen molar-refractivity contribution in [1.29, 1.82) is 0 Å². The van der Waals surface area contributed by atoms with Gasteiger partial charge in [0.15, 0.2) is 0 Å². The van der Waals surface area contributed by atoms with Gasteiger partial charge >= 0.3 is 18.2 Å². The van der Waals surface area contributed by atoms with Gasteiger partial charge in [-0.3, -0.25) is 0 Å². The fourth-order valence-corrected chi connectivity index (χ4v) is 1.34. The standard InChI is InChI=1S/C14H25NO6/c1-8-19-12(18)20-10(16)9(13(2,3)4)15-11(17)21-14(5,6)7/h9H,8H2,1-7H3,(H,15,17)/t9-/m0/s1. The van der Waals surface area contributed by atoms with Gasteiger partial charge in [-0.1, -0.05) is 20.8 Å². The molecule has 1 amide bonds. The second-order valence-electron chi connectivity index (χ2n) is 6.55. The van der Waals surface area contributed by atoms with Crippen molar-refractivity contribution in [3.63, 3.8) is 0 Å². The van der Waals surface area contributed by atoms with Crippen LogP contribution in [0.3, 0.4) is 0 Å². The number of hydrogen-bond acceptors (Lipinski definition) is 6. The molecule has 0 fully saturated rings. The van der Waals surface area contributed by atoms with E-state index >= 15 is 0 Å². The second kappa shape index (κ2) is 7.28. The molecule has 1 atom stereocenters. The lowest BCUT2D eigenvalue weighted by molar-refractivity contribution is -0.145. The molecule has 21 heavy (non-hydrogen) atoms. The van der Waals surface area contributed by atoms with Gasteiger partial charge < -0.3 is 19.5 Å². The Labute approximate surface area is 125 Å². The average molecular weight is 303 g/mol. The Morgan fingerprint density at radius 1 is 1.05 bits per heavy atom. The van der Waals surface area contributed by atoms with Crippen molar-refractivity contribution in [2.75, 3.05) is 6.61 Å². The highest BCUT2D eigenvalue weighted by Gasteiger charge is 2.36. The number of ether oxygens (including phenoxy) is 3. The molecular weight excluding hydrogens is 278 g/mol. The van der Waals surface area contributed by atoms with E-state index in [0.29, 0.717) is 0 Å². The van der Waals surface area contributed by atoms with E-state index in [1.807, 2.05) is 0 Å². The van der Waals surface area contributed by atoms with Crippen molar-refractivity contribution in [2.45, 2.75) is 60.1 Å². The first-order chi connectivity index (χ1) is 9.36. The van der Waals surface area contributed by atoms with Crippen LogP contribution in [0.2, 0.25) is 0 Å². The van der Waals surface area contributed by atoms with Gasteiger partial charge in [0.25, 0.3) is 0 Å². The fraction of sp³-hybridized carbons (Fsp3) is 0.786. The number of alkyl carbamates (subject to hydrolysis) is 1. The van der Waals surface area contributed by atoms with Gasteiger partial charge in [-0.05, 0) is 33.1 Å². The molecule has 0 saturated heterocycles. The van der Waals surface area contributed by atoms with Crippen molar-refractivity contribution in [3.8, 4) is 0 Å². The summed E-state index contributed by atoms with van der Waals surface area (Å²) in [4.78, 5) is 34.9. The molecule has 0 aliphatic carbocycles. The first kappa shape index (κ1) is 19.2. The maximum atomic E-state index is 12.0. The third-order valence-electron chi connectivity index (χ3n) is 2.21. The Hall–Kier alpha value is -1.79. The molecule has 122 valence electrons. The number of nitrogens with one attached hydrogen (secondary N) is 1. The normalized spacial score (nSPS) is 13.1. The molecule has 0 aromatic rings. The zero-order valence-electron chi connectivity index (χ0n) is 13.7. The van der Waals surface area contributed by atoms with Crippen molar-refractivity contribution in [1.82, 2.24) is 5.32 Å². The third kappa shape index (κ3) is 8.16. The van der Waals surface area contributed by atoms with Crippen molar-refractivity contribution < 1.29 is 28.6 Å². The summed E-state index contributed by atoms with van der Waals surface area (Å²) in [5.41, 5.74) is -1.36. The topological polar surface area (TPSA) is 90.9 Å². The van der Waals surface area contributed by atoms with Gasteiger partial charge in [-0.25, -0.2) is 14.4 Å². The summed E-state index contributed by atoms with van der Waals surface area (Å²) in [6, 6.07) is -1.04. The van der Waals surface area contributed by atoms with Gasteiger partial charge in [0.05, 0.1) is 6.61 Å². The number of rotatable bonds is 3. The van der Waals surface area contributed by atoms with Crippen molar-refractivity contribution in [2.24, 2.45) is 5.41 Å². The van der Waals surface area contributed by atoms with Crippen LogP contribution in [-0.4, -0.2) is 36.5 Å². The predicted octanol–water partition coefficient (Wildman–Crippen LogP) is 2.63. The minimum atomic E-state index is -1.09. The predicted molar refractivity (Wildman–Crippen MR) is 75.7 cm³/mol. The molecule has 0 aliphatic heterocycles. The van der Waals surface area contributed by atoms with Crippen LogP contribution in [0.4, 0.5) is 9.59 Å². The van der Waals surface area contributed by atoms with Gasteiger partial charge in [-0.2, -0.15) is 0 Å². The van der Waals surface area contributed by atoms with Crippen LogP contribution in [-0.2, 0) is 19.0 Å². The largest absolute Gasteiger partial charge is 0.516 e. The average Bonchev–Trinajstić information content (AvgIpc) is 2.21. The zero-order valence-corrected chi connectivity index (χ0v) is 13.7. The van der Waals surface area contributed by atoms with Crippen LogP contribution in [0.15, 0.2) is 0 Å². The molecule has 0 aromatic carbocycles. The first-order valence-corrected chi connectivity index (χ1v) is 6.74. The molecule has 0 rings (SSSR count). The summed E-state index contributed by atoms with van der Waals surface area (Å²) in [6.45, 7) is 12.0. The van der Waals surface area contributed by atoms with Gasteiger partial charge in [-0.15, -0.1) is 0 Å². The fourth-order valence-electron chi connectivity index (χ4n) is 1.34. The summed E-state index contributed by atoms with van der Waals surface area (Å²) in [5.74, 6) is -0.896. The molecule has 0 radical (unpaired) electrons. The summed E-state index contributed by atoms with van der Waals surface area (Å²) >= 11 is 0. The van der Waals surface area contributed by atoms with E-state index in [1.54, 1.807) is 48.5 Å². The van der Waals surface area contributed by atoms with E-state index < -0.39 is 35.3 Å². The SMILES string of the molecule is CCOC(=O)OC(=O)[C@H](NC(=O)OC(C)(C)C)C(C)(C)C. The number of carbonyl (C=O) groups excluding carboxylic acids is 3. The van der Waals surface area contributed by atoms with Gasteiger partial charge in [0.1, 0.15) is 11.6 Å². The second-order valence-corrected chi connectivity index (χ2v) is 6.55. The lowest BCUT2D eigenvalue weighted by Crippen LogP contribution is -2.51. The van der Waals surface area contributed by atoms with E-state index in [0.717, 1.165) is 0 Å². The lowest BCUT2D eigenvalue weighted by atomic mass is 9.87. The van der Waals surface area contributed by atoms with Gasteiger partial charge in [0, 0.05) is 0 Å². The first-order valence-electron chi connectivity index (χ1n) is 6.74. The molecule has 0 spiro atoms. The smallest absolute Gasteiger partial charge is 0.444 e. The monoisotopic (exact) mass is 303 g/mol. The number of carbonyl (C=O) groups is 3. The Kier molecular flexibility index (Phi) is 6.66. The minimum Gasteiger partial charge on any atom is -0.444 e. The Bertz CT molecular complexity index is 391. The summed E-state index contributed by atoms with van der Waals surface area (Å²) in [7, 11) is 0. The Morgan fingerprint density at radius 2 is 1.57 bits per heavy atom. The molecule has 0 heterocycles. The van der Waals surface area contributed by atoms with Crippen LogP contribution >= 0.6 is 0 Å². The molecule has 0 bridgehead atoms. The highest BCUT2D eigenvalue weighted by molar-refractivity contribution is 5.88. The van der Waals surface area contributed by atoms with Crippen LogP contribution < -0.4 is 5.32 Å². The molecule has 0 aromatic heterocycles.